The van der Waals surface area contributed by atoms with Gasteiger partial charge >= 0.3 is 0 Å². The van der Waals surface area contributed by atoms with Crippen LogP contribution >= 0.6 is 0 Å². The number of aromatic nitrogens is 1. The molecule has 0 aliphatic rings. The van der Waals surface area contributed by atoms with E-state index < -0.39 is 0 Å². The second-order valence-corrected chi connectivity index (χ2v) is 1.46. The third kappa shape index (κ3) is 2.10. The SMILES string of the molecule is Cc1c[c]cnc1.[Cu]. The van der Waals surface area contributed by atoms with E-state index >= 15 is 0 Å². The van der Waals surface area contributed by atoms with Crippen LogP contribution in [-0.2, 0) is 17.1 Å². The van der Waals surface area contributed by atoms with Crippen molar-refractivity contribution in [2.45, 2.75) is 6.92 Å². The minimum Gasteiger partial charge on any atom is -0.264 e. The summed E-state index contributed by atoms with van der Waals surface area (Å²) in [5, 5.41) is 0. The molecule has 1 nitrogen and oxygen atoms in total. The molecular formula is C6H6CuN. The number of hydrogen-bond acceptors (Lipinski definition) is 1. The Labute approximate surface area is 59.6 Å². The predicted molar refractivity (Wildman–Crippen MR) is 27.8 cm³/mol. The maximum Gasteiger partial charge on any atom is 0.0347 e. The second-order valence-electron chi connectivity index (χ2n) is 1.46. The van der Waals surface area contributed by atoms with E-state index in [1.807, 2.05) is 13.0 Å². The molecule has 0 spiro atoms. The molecule has 2 heteroatoms. The van der Waals surface area contributed by atoms with Crippen LogP contribution in [0.15, 0.2) is 18.5 Å². The molecule has 0 unspecified atom stereocenters. The zero-order valence-electron chi connectivity index (χ0n) is 4.48. The summed E-state index contributed by atoms with van der Waals surface area (Å²) in [6.45, 7) is 1.99. The van der Waals surface area contributed by atoms with Crippen LogP contribution in [-0.4, -0.2) is 4.98 Å². The zero-order valence-corrected chi connectivity index (χ0v) is 5.42. The van der Waals surface area contributed by atoms with Crippen LogP contribution in [0.5, 0.6) is 0 Å². The monoisotopic (exact) mass is 155 g/mol. The first-order chi connectivity index (χ1) is 3.39. The number of pyridine rings is 1. The van der Waals surface area contributed by atoms with Crippen LogP contribution in [0.1, 0.15) is 5.56 Å². The molecule has 1 rings (SSSR count). The van der Waals surface area contributed by atoms with Gasteiger partial charge in [-0.3, -0.25) is 4.98 Å². The molecule has 0 bridgehead atoms. The van der Waals surface area contributed by atoms with Crippen molar-refractivity contribution >= 4 is 0 Å². The molecule has 0 amide bonds. The number of aryl methyl sites for hydroxylation is 1. The van der Waals surface area contributed by atoms with Gasteiger partial charge in [0.2, 0.25) is 0 Å². The molecule has 0 aliphatic carbocycles. The Kier molecular flexibility index (Phi) is 3.49. The van der Waals surface area contributed by atoms with Gasteiger partial charge in [-0.15, -0.1) is 0 Å². The average molecular weight is 156 g/mol. The van der Waals surface area contributed by atoms with Crippen molar-refractivity contribution in [3.05, 3.63) is 30.1 Å². The Hall–Kier alpha value is -0.331. The maximum atomic E-state index is 3.83. The summed E-state index contributed by atoms with van der Waals surface area (Å²) >= 11 is 0. The molecule has 0 saturated carbocycles. The molecule has 0 N–H and O–H groups in total. The van der Waals surface area contributed by atoms with Gasteiger partial charge in [0.15, 0.2) is 0 Å². The summed E-state index contributed by atoms with van der Waals surface area (Å²) in [7, 11) is 0. The van der Waals surface area contributed by atoms with Crippen LogP contribution in [0, 0.1) is 13.0 Å². The minimum atomic E-state index is 0. The molecule has 2 radical (unpaired) electrons. The van der Waals surface area contributed by atoms with Crippen molar-refractivity contribution in [3.8, 4) is 0 Å². The van der Waals surface area contributed by atoms with Gasteiger partial charge in [-0.1, -0.05) is 0 Å². The van der Waals surface area contributed by atoms with E-state index in [1.165, 1.54) is 0 Å². The molecule has 0 saturated heterocycles. The number of nitrogens with zero attached hydrogens (tertiary/aromatic N) is 1. The molecule has 0 aliphatic heterocycles. The Bertz CT molecular complexity index is 138. The van der Waals surface area contributed by atoms with Crippen LogP contribution in [0.25, 0.3) is 0 Å². The molecule has 0 fully saturated rings. The van der Waals surface area contributed by atoms with Gasteiger partial charge < -0.3 is 0 Å². The van der Waals surface area contributed by atoms with E-state index in [1.54, 1.807) is 12.4 Å². The molecule has 0 atom stereocenters. The third-order valence-corrected chi connectivity index (χ3v) is 0.738. The first kappa shape index (κ1) is 7.67. The van der Waals surface area contributed by atoms with E-state index in [-0.39, 0.29) is 17.1 Å². The zero-order chi connectivity index (χ0) is 5.11. The largest absolute Gasteiger partial charge is 0.264 e. The summed E-state index contributed by atoms with van der Waals surface area (Å²) in [5.41, 5.74) is 1.16. The molecular weight excluding hydrogens is 150 g/mol. The van der Waals surface area contributed by atoms with E-state index in [0.29, 0.717) is 0 Å². The van der Waals surface area contributed by atoms with Crippen molar-refractivity contribution in [2.24, 2.45) is 0 Å². The quantitative estimate of drug-likeness (QED) is 0.513. The fourth-order valence-electron chi connectivity index (χ4n) is 0.404. The van der Waals surface area contributed by atoms with Crippen molar-refractivity contribution in [3.63, 3.8) is 0 Å². The predicted octanol–water partition coefficient (Wildman–Crippen LogP) is 1.19. The second kappa shape index (κ2) is 3.64. The van der Waals surface area contributed by atoms with Gasteiger partial charge in [-0.25, -0.2) is 0 Å². The van der Waals surface area contributed by atoms with Gasteiger partial charge in [0, 0.05) is 35.5 Å². The summed E-state index contributed by atoms with van der Waals surface area (Å²) in [4.78, 5) is 3.83. The van der Waals surface area contributed by atoms with Gasteiger partial charge in [-0.05, 0) is 18.6 Å². The third-order valence-electron chi connectivity index (χ3n) is 0.738. The van der Waals surface area contributed by atoms with Gasteiger partial charge in [0.25, 0.3) is 0 Å². The average Bonchev–Trinajstić information content (AvgIpc) is 1.69. The van der Waals surface area contributed by atoms with Crippen LogP contribution < -0.4 is 0 Å². The summed E-state index contributed by atoms with van der Waals surface area (Å²) in [6, 6.07) is 4.75. The van der Waals surface area contributed by atoms with Gasteiger partial charge in [0.05, 0.1) is 0 Å². The smallest absolute Gasteiger partial charge is 0.0347 e. The van der Waals surface area contributed by atoms with Crippen molar-refractivity contribution in [1.82, 2.24) is 4.98 Å². The summed E-state index contributed by atoms with van der Waals surface area (Å²) in [5.74, 6) is 0. The van der Waals surface area contributed by atoms with E-state index in [9.17, 15) is 0 Å². The standard InChI is InChI=1S/C6H6N.Cu/c1-6-3-2-4-7-5-6;/h3-5H,1H3;. The molecule has 1 aromatic rings. The minimum absolute atomic E-state index is 0. The molecule has 1 aromatic heterocycles. The van der Waals surface area contributed by atoms with Crippen LogP contribution in [0.3, 0.4) is 0 Å². The van der Waals surface area contributed by atoms with Crippen LogP contribution in [0.4, 0.5) is 0 Å². The summed E-state index contributed by atoms with van der Waals surface area (Å²) < 4.78 is 0. The number of hydrogen-bond donors (Lipinski definition) is 0. The van der Waals surface area contributed by atoms with Gasteiger partial charge in [-0.2, -0.15) is 0 Å². The topological polar surface area (TPSA) is 12.9 Å². The normalized spacial score (nSPS) is 7.62. The van der Waals surface area contributed by atoms with E-state index in [4.69, 9.17) is 0 Å². The fraction of sp³-hybridized carbons (Fsp3) is 0.167. The van der Waals surface area contributed by atoms with Crippen molar-refractivity contribution in [1.29, 1.82) is 0 Å². The van der Waals surface area contributed by atoms with E-state index in [0.717, 1.165) is 5.56 Å². The maximum absolute atomic E-state index is 3.83. The van der Waals surface area contributed by atoms with Crippen LogP contribution in [0.2, 0.25) is 0 Å². The Morgan fingerprint density at radius 3 is 2.62 bits per heavy atom. The first-order valence-corrected chi connectivity index (χ1v) is 2.17. The Morgan fingerprint density at radius 1 is 1.62 bits per heavy atom. The van der Waals surface area contributed by atoms with Gasteiger partial charge in [0.1, 0.15) is 0 Å². The fourth-order valence-corrected chi connectivity index (χ4v) is 0.404. The Morgan fingerprint density at radius 2 is 2.38 bits per heavy atom. The van der Waals surface area contributed by atoms with E-state index in [2.05, 4.69) is 11.1 Å². The molecule has 46 valence electrons. The summed E-state index contributed by atoms with van der Waals surface area (Å²) in [6.07, 6.45) is 3.45. The Balaban J connectivity index is 0.000000490. The number of rotatable bonds is 0. The first-order valence-electron chi connectivity index (χ1n) is 2.17. The molecule has 1 heterocycles. The van der Waals surface area contributed by atoms with Crippen molar-refractivity contribution in [2.75, 3.05) is 0 Å². The molecule has 0 aromatic carbocycles. The molecule has 8 heavy (non-hydrogen) atoms. The van der Waals surface area contributed by atoms with Crippen molar-refractivity contribution < 1.29 is 17.1 Å².